The zero-order valence-electron chi connectivity index (χ0n) is 20.5. The molecule has 0 fully saturated rings. The summed E-state index contributed by atoms with van der Waals surface area (Å²) < 4.78 is 16.2. The van der Waals surface area contributed by atoms with Crippen molar-refractivity contribution >= 4 is 28.7 Å². The topological polar surface area (TPSA) is 132 Å². The Balaban J connectivity index is 1.82. The van der Waals surface area contributed by atoms with E-state index < -0.39 is 17.9 Å². The summed E-state index contributed by atoms with van der Waals surface area (Å²) in [5.41, 5.74) is 8.87. The van der Waals surface area contributed by atoms with Gasteiger partial charge < -0.3 is 19.6 Å². The number of esters is 2. The third kappa shape index (κ3) is 3.94. The van der Waals surface area contributed by atoms with E-state index in [1.165, 1.54) is 19.1 Å². The fourth-order valence-electron chi connectivity index (χ4n) is 4.58. The summed E-state index contributed by atoms with van der Waals surface area (Å²) in [7, 11) is 2.40. The maximum atomic E-state index is 13.3. The number of rotatable bonds is 5. The number of nitrogens with zero attached hydrogens (tertiary/aromatic N) is 3. The van der Waals surface area contributed by atoms with Crippen LogP contribution in [-0.4, -0.2) is 31.1 Å². The number of anilines is 1. The quantitative estimate of drug-likeness (QED) is 0.391. The molecule has 1 aliphatic heterocycles. The summed E-state index contributed by atoms with van der Waals surface area (Å²) in [6, 6.07) is 25.4. The molecule has 0 saturated heterocycles. The molecule has 5 rings (SSSR count). The van der Waals surface area contributed by atoms with Crippen molar-refractivity contribution in [3.8, 4) is 17.5 Å². The minimum Gasteiger partial charge on any atom is -0.466 e. The van der Waals surface area contributed by atoms with E-state index in [1.807, 2.05) is 30.3 Å². The van der Waals surface area contributed by atoms with Crippen LogP contribution in [0.15, 0.2) is 106 Å². The number of para-hydroxylation sites is 1. The summed E-state index contributed by atoms with van der Waals surface area (Å²) in [4.78, 5) is 32.6. The normalized spacial score (nSPS) is 15.4. The van der Waals surface area contributed by atoms with E-state index in [4.69, 9.17) is 19.6 Å². The van der Waals surface area contributed by atoms with Gasteiger partial charge in [-0.1, -0.05) is 54.6 Å². The molecule has 0 bridgehead atoms. The molecule has 38 heavy (non-hydrogen) atoms. The Labute approximate surface area is 218 Å². The number of methoxy groups -OCH3 is 2. The number of ether oxygens (including phenoxy) is 2. The number of nitrogens with two attached hydrogens (primary N) is 1. The van der Waals surface area contributed by atoms with Gasteiger partial charge in [0.2, 0.25) is 5.89 Å². The van der Waals surface area contributed by atoms with Gasteiger partial charge in [0.25, 0.3) is 0 Å². The maximum Gasteiger partial charge on any atom is 0.355 e. The average molecular weight is 507 g/mol. The van der Waals surface area contributed by atoms with Crippen LogP contribution in [0.4, 0.5) is 5.69 Å². The highest BCUT2D eigenvalue weighted by Gasteiger charge is 2.43. The van der Waals surface area contributed by atoms with Crippen molar-refractivity contribution in [2.24, 2.45) is 5.73 Å². The average Bonchev–Trinajstić information content (AvgIpc) is 3.41. The molecule has 0 amide bonds. The summed E-state index contributed by atoms with van der Waals surface area (Å²) in [6.45, 7) is 0. The summed E-state index contributed by atoms with van der Waals surface area (Å²) in [5.74, 6) is -2.30. The lowest BCUT2D eigenvalue weighted by Crippen LogP contribution is -2.40. The molecule has 9 nitrogen and oxygen atoms in total. The maximum absolute atomic E-state index is 13.3. The van der Waals surface area contributed by atoms with Crippen molar-refractivity contribution < 1.29 is 23.5 Å². The van der Waals surface area contributed by atoms with E-state index >= 15 is 0 Å². The van der Waals surface area contributed by atoms with Gasteiger partial charge in [-0.25, -0.2) is 14.6 Å². The molecular weight excluding hydrogens is 484 g/mol. The predicted octanol–water partition coefficient (Wildman–Crippen LogP) is 4.39. The SMILES string of the molecule is COC(=O)C1=C(C(=O)OC)N(c2cccc3oc(-c4ccccc4)nc23)C(N)=C(C#N)C1c1ccccc1. The van der Waals surface area contributed by atoms with Crippen LogP contribution < -0.4 is 10.6 Å². The minimum absolute atomic E-state index is 0.0498. The van der Waals surface area contributed by atoms with Gasteiger partial charge in [0.05, 0.1) is 43.0 Å². The first-order chi connectivity index (χ1) is 18.5. The summed E-state index contributed by atoms with van der Waals surface area (Å²) in [6.07, 6.45) is 0. The third-order valence-corrected chi connectivity index (χ3v) is 6.27. The Bertz CT molecular complexity index is 1650. The molecule has 188 valence electrons. The summed E-state index contributed by atoms with van der Waals surface area (Å²) >= 11 is 0. The Morgan fingerprint density at radius 3 is 2.24 bits per heavy atom. The molecule has 1 aliphatic rings. The van der Waals surface area contributed by atoms with Gasteiger partial charge in [0.1, 0.15) is 17.0 Å². The standard InChI is InChI=1S/C29H22N4O5/c1-36-28(34)23-22(17-10-5-3-6-11-17)19(16-30)26(31)33(25(23)29(35)37-2)20-14-9-15-21-24(20)32-27(38-21)18-12-7-4-8-13-18/h3-15,22H,31H2,1-2H3. The van der Waals surface area contributed by atoms with Crippen molar-refractivity contribution in [3.63, 3.8) is 0 Å². The zero-order chi connectivity index (χ0) is 26.8. The largest absolute Gasteiger partial charge is 0.466 e. The monoisotopic (exact) mass is 506 g/mol. The van der Waals surface area contributed by atoms with E-state index in [0.717, 1.165) is 5.56 Å². The second-order valence-corrected chi connectivity index (χ2v) is 8.34. The van der Waals surface area contributed by atoms with E-state index in [0.29, 0.717) is 28.2 Å². The van der Waals surface area contributed by atoms with Crippen LogP contribution in [0.25, 0.3) is 22.6 Å². The molecule has 0 aliphatic carbocycles. The molecule has 2 N–H and O–H groups in total. The highest BCUT2D eigenvalue weighted by molar-refractivity contribution is 6.08. The van der Waals surface area contributed by atoms with Crippen molar-refractivity contribution in [3.05, 3.63) is 107 Å². The van der Waals surface area contributed by atoms with Crippen LogP contribution in [0.1, 0.15) is 11.5 Å². The van der Waals surface area contributed by atoms with Gasteiger partial charge in [-0.2, -0.15) is 5.26 Å². The Morgan fingerprint density at radius 2 is 1.61 bits per heavy atom. The number of fused-ring (bicyclic) bond motifs is 1. The second kappa shape index (κ2) is 9.95. The molecule has 1 unspecified atom stereocenters. The van der Waals surface area contributed by atoms with Crippen LogP contribution >= 0.6 is 0 Å². The van der Waals surface area contributed by atoms with Crippen LogP contribution in [0.3, 0.4) is 0 Å². The molecule has 2 heterocycles. The van der Waals surface area contributed by atoms with Gasteiger partial charge >= 0.3 is 11.9 Å². The molecular formula is C29H22N4O5. The number of allylic oxidation sites excluding steroid dienone is 1. The number of carbonyl (C=O) groups excluding carboxylic acids is 2. The van der Waals surface area contributed by atoms with E-state index in [9.17, 15) is 14.9 Å². The van der Waals surface area contributed by atoms with E-state index in [2.05, 4.69) is 11.1 Å². The molecule has 3 aromatic carbocycles. The first-order valence-corrected chi connectivity index (χ1v) is 11.6. The lowest BCUT2D eigenvalue weighted by molar-refractivity contribution is -0.139. The molecule has 0 radical (unpaired) electrons. The van der Waals surface area contributed by atoms with Gasteiger partial charge in [0.15, 0.2) is 5.58 Å². The predicted molar refractivity (Wildman–Crippen MR) is 139 cm³/mol. The number of oxazole rings is 1. The Hall–Kier alpha value is -5.36. The van der Waals surface area contributed by atoms with Crippen LogP contribution in [0.2, 0.25) is 0 Å². The van der Waals surface area contributed by atoms with Crippen molar-refractivity contribution in [2.45, 2.75) is 5.92 Å². The summed E-state index contributed by atoms with van der Waals surface area (Å²) in [5, 5.41) is 10.2. The zero-order valence-corrected chi connectivity index (χ0v) is 20.5. The molecule has 0 spiro atoms. The number of hydrogen-bond acceptors (Lipinski definition) is 9. The number of benzene rings is 3. The van der Waals surface area contributed by atoms with Crippen molar-refractivity contribution in [1.29, 1.82) is 5.26 Å². The lowest BCUT2D eigenvalue weighted by atomic mass is 9.81. The third-order valence-electron chi connectivity index (χ3n) is 6.27. The molecule has 9 heteroatoms. The Morgan fingerprint density at radius 1 is 0.947 bits per heavy atom. The van der Waals surface area contributed by atoms with Gasteiger partial charge in [-0.3, -0.25) is 4.90 Å². The second-order valence-electron chi connectivity index (χ2n) is 8.34. The van der Waals surface area contributed by atoms with Gasteiger partial charge in [0, 0.05) is 5.56 Å². The van der Waals surface area contributed by atoms with Crippen LogP contribution in [-0.2, 0) is 19.1 Å². The molecule has 4 aromatic rings. The number of aromatic nitrogens is 1. The smallest absolute Gasteiger partial charge is 0.355 e. The number of hydrogen-bond donors (Lipinski definition) is 1. The Kier molecular flexibility index (Phi) is 6.37. The van der Waals surface area contributed by atoms with Crippen LogP contribution in [0, 0.1) is 11.3 Å². The van der Waals surface area contributed by atoms with Crippen molar-refractivity contribution in [2.75, 3.05) is 19.1 Å². The number of carbonyl (C=O) groups is 2. The highest BCUT2D eigenvalue weighted by atomic mass is 16.5. The molecule has 1 atom stereocenters. The van der Waals surface area contributed by atoms with Crippen molar-refractivity contribution in [1.82, 2.24) is 4.98 Å². The lowest BCUT2D eigenvalue weighted by Gasteiger charge is -2.35. The fraction of sp³-hybridized carbons (Fsp3) is 0.103. The first kappa shape index (κ1) is 24.3. The fourth-order valence-corrected chi connectivity index (χ4v) is 4.58. The van der Waals surface area contributed by atoms with Gasteiger partial charge in [-0.15, -0.1) is 0 Å². The molecule has 1 aromatic heterocycles. The van der Waals surface area contributed by atoms with Crippen LogP contribution in [0.5, 0.6) is 0 Å². The first-order valence-electron chi connectivity index (χ1n) is 11.6. The minimum atomic E-state index is -0.963. The van der Waals surface area contributed by atoms with E-state index in [-0.39, 0.29) is 22.7 Å². The number of nitriles is 1. The van der Waals surface area contributed by atoms with E-state index in [1.54, 1.807) is 48.5 Å². The highest BCUT2D eigenvalue weighted by Crippen LogP contribution is 2.44. The molecule has 0 saturated carbocycles. The van der Waals surface area contributed by atoms with Gasteiger partial charge in [-0.05, 0) is 29.8 Å².